The van der Waals surface area contributed by atoms with E-state index in [-0.39, 0.29) is 30.1 Å². The van der Waals surface area contributed by atoms with E-state index in [0.717, 1.165) is 58.4 Å². The molecule has 2 rings (SSSR count). The minimum atomic E-state index is 0. The van der Waals surface area contributed by atoms with Gasteiger partial charge in [-0.25, -0.2) is 0 Å². The number of thiophene rings is 1. The van der Waals surface area contributed by atoms with Gasteiger partial charge in [0.1, 0.15) is 0 Å². The summed E-state index contributed by atoms with van der Waals surface area (Å²) in [6, 6.07) is 4.81. The van der Waals surface area contributed by atoms with Crippen molar-refractivity contribution in [2.75, 3.05) is 53.0 Å². The molecule has 1 aromatic heterocycles. The predicted octanol–water partition coefficient (Wildman–Crippen LogP) is 3.66. The van der Waals surface area contributed by atoms with Gasteiger partial charge < -0.3 is 20.1 Å². The molecule has 1 saturated heterocycles. The fraction of sp³-hybridized carbons (Fsp3) is 0.762. The van der Waals surface area contributed by atoms with Gasteiger partial charge in [0, 0.05) is 49.6 Å². The molecule has 0 spiro atoms. The molecular weight excluding hydrogens is 499 g/mol. The van der Waals surface area contributed by atoms with Gasteiger partial charge in [0.2, 0.25) is 0 Å². The second kappa shape index (κ2) is 14.6. The summed E-state index contributed by atoms with van der Waals surface area (Å²) >= 11 is 1.88. The van der Waals surface area contributed by atoms with Crippen LogP contribution < -0.4 is 10.6 Å². The molecule has 0 aromatic carbocycles. The van der Waals surface area contributed by atoms with Crippen LogP contribution in [-0.2, 0) is 9.47 Å². The highest BCUT2D eigenvalue weighted by Gasteiger charge is 2.24. The molecule has 0 bridgehead atoms. The van der Waals surface area contributed by atoms with Crippen LogP contribution in [-0.4, -0.2) is 70.0 Å². The maximum atomic E-state index is 5.84. The molecule has 2 unspecified atom stereocenters. The maximum absolute atomic E-state index is 5.84. The number of aliphatic imine (C=N–C) groups is 1. The van der Waals surface area contributed by atoms with Gasteiger partial charge in [-0.3, -0.25) is 9.89 Å². The van der Waals surface area contributed by atoms with E-state index in [1.807, 2.05) is 18.4 Å². The summed E-state index contributed by atoms with van der Waals surface area (Å²) in [5, 5.41) is 6.98. The zero-order valence-electron chi connectivity index (χ0n) is 18.6. The van der Waals surface area contributed by atoms with Gasteiger partial charge in [-0.2, -0.15) is 0 Å². The van der Waals surface area contributed by atoms with Gasteiger partial charge in [0.25, 0.3) is 0 Å². The van der Waals surface area contributed by atoms with Gasteiger partial charge >= 0.3 is 0 Å². The van der Waals surface area contributed by atoms with Crippen LogP contribution in [0.2, 0.25) is 0 Å². The van der Waals surface area contributed by atoms with Crippen LogP contribution in [0.4, 0.5) is 0 Å². The van der Waals surface area contributed by atoms with Gasteiger partial charge in [-0.15, -0.1) is 35.3 Å². The van der Waals surface area contributed by atoms with Crippen molar-refractivity contribution in [3.8, 4) is 0 Å². The monoisotopic (exact) mass is 538 g/mol. The zero-order valence-corrected chi connectivity index (χ0v) is 21.7. The first kappa shape index (κ1) is 26.6. The van der Waals surface area contributed by atoms with E-state index >= 15 is 0 Å². The van der Waals surface area contributed by atoms with Gasteiger partial charge in [-0.05, 0) is 38.3 Å². The Hall–Kier alpha value is -0.420. The second-order valence-corrected chi connectivity index (χ2v) is 8.84. The molecule has 1 aromatic rings. The third-order valence-corrected chi connectivity index (χ3v) is 6.21. The minimum absolute atomic E-state index is 0. The molecule has 168 valence electrons. The fourth-order valence-corrected chi connectivity index (χ4v) is 4.51. The Morgan fingerprint density at radius 2 is 2.00 bits per heavy atom. The van der Waals surface area contributed by atoms with Crippen molar-refractivity contribution in [3.05, 3.63) is 21.9 Å². The number of morpholine rings is 1. The number of aryl methyl sites for hydroxylation is 1. The third-order valence-electron chi connectivity index (χ3n) is 5.11. The summed E-state index contributed by atoms with van der Waals surface area (Å²) < 4.78 is 11.4. The summed E-state index contributed by atoms with van der Waals surface area (Å²) in [4.78, 5) is 9.67. The lowest BCUT2D eigenvalue weighted by atomic mass is 10.0. The highest BCUT2D eigenvalue weighted by atomic mass is 127. The summed E-state index contributed by atoms with van der Waals surface area (Å²) in [7, 11) is 1.83. The van der Waals surface area contributed by atoms with Crippen molar-refractivity contribution < 1.29 is 9.47 Å². The van der Waals surface area contributed by atoms with Gasteiger partial charge in [-0.1, -0.05) is 13.8 Å². The van der Waals surface area contributed by atoms with Crippen molar-refractivity contribution in [2.45, 2.75) is 46.3 Å². The third kappa shape index (κ3) is 9.08. The van der Waals surface area contributed by atoms with Crippen molar-refractivity contribution in [2.24, 2.45) is 10.9 Å². The first-order valence-electron chi connectivity index (χ1n) is 10.5. The van der Waals surface area contributed by atoms with E-state index in [9.17, 15) is 0 Å². The largest absolute Gasteiger partial charge is 0.379 e. The summed E-state index contributed by atoms with van der Waals surface area (Å²) in [5.41, 5.74) is 0. The number of rotatable bonds is 10. The Morgan fingerprint density at radius 3 is 2.55 bits per heavy atom. The smallest absolute Gasteiger partial charge is 0.191 e. The molecule has 29 heavy (non-hydrogen) atoms. The van der Waals surface area contributed by atoms with E-state index in [1.54, 1.807) is 0 Å². The second-order valence-electron chi connectivity index (χ2n) is 7.52. The highest BCUT2D eigenvalue weighted by Crippen LogP contribution is 2.27. The average molecular weight is 539 g/mol. The molecule has 0 saturated carbocycles. The molecule has 0 aliphatic carbocycles. The Labute approximate surface area is 197 Å². The van der Waals surface area contributed by atoms with Crippen LogP contribution >= 0.6 is 35.3 Å². The van der Waals surface area contributed by atoms with E-state index in [1.165, 1.54) is 9.75 Å². The van der Waals surface area contributed by atoms with E-state index in [4.69, 9.17) is 9.47 Å². The normalized spacial score (nSPS) is 17.7. The van der Waals surface area contributed by atoms with Crippen LogP contribution in [0, 0.1) is 12.8 Å². The molecule has 1 fully saturated rings. The summed E-state index contributed by atoms with van der Waals surface area (Å²) in [6.07, 6.45) is 1.26. The van der Waals surface area contributed by atoms with Crippen molar-refractivity contribution in [1.82, 2.24) is 15.5 Å². The van der Waals surface area contributed by atoms with Crippen LogP contribution in [0.1, 0.15) is 43.0 Å². The molecule has 2 heterocycles. The van der Waals surface area contributed by atoms with E-state index in [2.05, 4.69) is 60.4 Å². The average Bonchev–Trinajstić information content (AvgIpc) is 3.12. The molecular formula is C21H39IN4O2S. The summed E-state index contributed by atoms with van der Waals surface area (Å²) in [6.45, 7) is 14.7. The van der Waals surface area contributed by atoms with Crippen LogP contribution in [0.15, 0.2) is 17.1 Å². The molecule has 0 radical (unpaired) electrons. The van der Waals surface area contributed by atoms with Crippen molar-refractivity contribution in [1.29, 1.82) is 0 Å². The van der Waals surface area contributed by atoms with E-state index in [0.29, 0.717) is 12.0 Å². The quantitative estimate of drug-likeness (QED) is 0.271. The first-order chi connectivity index (χ1) is 13.5. The van der Waals surface area contributed by atoms with Crippen molar-refractivity contribution in [3.63, 3.8) is 0 Å². The Morgan fingerprint density at radius 1 is 1.28 bits per heavy atom. The minimum Gasteiger partial charge on any atom is -0.379 e. The molecule has 1 aliphatic heterocycles. The van der Waals surface area contributed by atoms with Crippen molar-refractivity contribution >= 4 is 41.3 Å². The van der Waals surface area contributed by atoms with Gasteiger partial charge in [0.05, 0.1) is 25.4 Å². The Kier molecular flexibility index (Phi) is 13.4. The van der Waals surface area contributed by atoms with E-state index < -0.39 is 0 Å². The maximum Gasteiger partial charge on any atom is 0.191 e. The first-order valence-corrected chi connectivity index (χ1v) is 11.3. The predicted molar refractivity (Wildman–Crippen MR) is 134 cm³/mol. The molecule has 2 atom stereocenters. The Balaban J connectivity index is 0.00000420. The molecule has 2 N–H and O–H groups in total. The number of nitrogens with zero attached hydrogens (tertiary/aromatic N) is 2. The lowest BCUT2D eigenvalue weighted by Crippen LogP contribution is -2.46. The molecule has 6 nitrogen and oxygen atoms in total. The highest BCUT2D eigenvalue weighted by molar-refractivity contribution is 14.0. The number of hydrogen-bond donors (Lipinski definition) is 2. The zero-order chi connectivity index (χ0) is 20.4. The number of hydrogen-bond acceptors (Lipinski definition) is 5. The topological polar surface area (TPSA) is 58.1 Å². The van der Waals surface area contributed by atoms with Crippen LogP contribution in [0.5, 0.6) is 0 Å². The SMILES string of the molecule is CCOC(CCNC(=NC)NCC(c1ccc(C)s1)N1CCOCC1)C(C)C.I. The van der Waals surface area contributed by atoms with Crippen LogP contribution in [0.25, 0.3) is 0 Å². The van der Waals surface area contributed by atoms with Crippen LogP contribution in [0.3, 0.4) is 0 Å². The molecule has 8 heteroatoms. The lowest BCUT2D eigenvalue weighted by Gasteiger charge is -2.34. The number of nitrogens with one attached hydrogen (secondary N) is 2. The summed E-state index contributed by atoms with van der Waals surface area (Å²) in [5.74, 6) is 1.37. The Bertz CT molecular complexity index is 591. The van der Waals surface area contributed by atoms with Gasteiger partial charge in [0.15, 0.2) is 5.96 Å². The lowest BCUT2D eigenvalue weighted by molar-refractivity contribution is 0.0176. The molecule has 1 aliphatic rings. The number of halogens is 1. The number of ether oxygens (including phenoxy) is 2. The fourth-order valence-electron chi connectivity index (χ4n) is 3.50. The molecule has 0 amide bonds. The standard InChI is InChI=1S/C21H38N4O2S.HI/c1-6-27-19(16(2)3)9-10-23-21(22-5)24-15-18(20-8-7-17(4)28-20)25-11-13-26-14-12-25;/h7-8,16,18-19H,6,9-15H2,1-5H3,(H2,22,23,24);1H. The number of guanidine groups is 1.